The first-order chi connectivity index (χ1) is 17.7. The summed E-state index contributed by atoms with van der Waals surface area (Å²) in [6.07, 6.45) is 3.30. The van der Waals surface area contributed by atoms with E-state index in [-0.39, 0.29) is 39.9 Å². The van der Waals surface area contributed by atoms with Crippen molar-refractivity contribution in [3.8, 4) is 5.75 Å². The summed E-state index contributed by atoms with van der Waals surface area (Å²) in [5.74, 6) is 0.649. The molecule has 2 aliphatic rings. The largest absolute Gasteiger partial charge is 0.494 e. The smallest absolute Gasteiger partial charge is 0.343 e. The molecule has 0 aliphatic carbocycles. The van der Waals surface area contributed by atoms with Gasteiger partial charge in [-0.25, -0.2) is 13.2 Å². The molecule has 2 aliphatic heterocycles. The van der Waals surface area contributed by atoms with Crippen molar-refractivity contribution in [3.63, 3.8) is 0 Å². The van der Waals surface area contributed by atoms with Crippen LogP contribution in [0.1, 0.15) is 60.9 Å². The second-order valence-electron chi connectivity index (χ2n) is 9.87. The monoisotopic (exact) mass is 532 g/mol. The summed E-state index contributed by atoms with van der Waals surface area (Å²) in [7, 11) is -3.94. The Morgan fingerprint density at radius 2 is 1.70 bits per heavy atom. The fourth-order valence-electron chi connectivity index (χ4n) is 5.37. The van der Waals surface area contributed by atoms with Crippen LogP contribution >= 0.6 is 0 Å². The fourth-order valence-corrected chi connectivity index (χ4v) is 7.29. The molecule has 1 aromatic carbocycles. The van der Waals surface area contributed by atoms with Crippen LogP contribution in [0.25, 0.3) is 0 Å². The number of esters is 1. The molecule has 2 fully saturated rings. The van der Waals surface area contributed by atoms with Gasteiger partial charge in [-0.1, -0.05) is 18.2 Å². The van der Waals surface area contributed by atoms with Gasteiger partial charge in [-0.2, -0.15) is 4.31 Å². The number of hydrogen-bond acceptors (Lipinski definition) is 7. The Morgan fingerprint density at radius 1 is 1.03 bits per heavy atom. The number of nitrogens with zero attached hydrogens (tertiary/aromatic N) is 2. The van der Waals surface area contributed by atoms with Crippen LogP contribution in [-0.2, 0) is 19.6 Å². The van der Waals surface area contributed by atoms with E-state index in [0.29, 0.717) is 45.6 Å². The molecule has 2 saturated heterocycles. The van der Waals surface area contributed by atoms with Gasteiger partial charge in [0.25, 0.3) is 0 Å². The lowest BCUT2D eigenvalue weighted by atomic mass is 9.78. The van der Waals surface area contributed by atoms with Crippen molar-refractivity contribution in [1.82, 2.24) is 9.21 Å². The number of para-hydroxylation sites is 1. The Bertz CT molecular complexity index is 1210. The van der Waals surface area contributed by atoms with Crippen molar-refractivity contribution >= 4 is 21.9 Å². The second-order valence-corrected chi connectivity index (χ2v) is 11.7. The number of hydrogen-bond donors (Lipinski definition) is 0. The molecule has 3 heterocycles. The summed E-state index contributed by atoms with van der Waals surface area (Å²) in [5.41, 5.74) is -0.186. The number of piperidine rings is 1. The first kappa shape index (κ1) is 27.2. The summed E-state index contributed by atoms with van der Waals surface area (Å²) < 4.78 is 45.0. The third-order valence-electron chi connectivity index (χ3n) is 7.41. The third-order valence-corrected chi connectivity index (χ3v) is 9.41. The highest BCUT2D eigenvalue weighted by atomic mass is 32.2. The Balaban J connectivity index is 1.33. The van der Waals surface area contributed by atoms with Crippen molar-refractivity contribution in [3.05, 3.63) is 47.4 Å². The molecule has 2 aromatic rings. The number of likely N-dealkylation sites (tertiary alicyclic amines) is 1. The van der Waals surface area contributed by atoms with E-state index in [1.54, 1.807) is 20.8 Å². The first-order valence-corrected chi connectivity index (χ1v) is 14.3. The molecule has 0 radical (unpaired) electrons. The molecule has 0 N–H and O–H groups in total. The average Bonchev–Trinajstić information content (AvgIpc) is 3.43. The van der Waals surface area contributed by atoms with Crippen LogP contribution in [0.15, 0.2) is 39.6 Å². The quantitative estimate of drug-likeness (QED) is 0.356. The van der Waals surface area contributed by atoms with E-state index >= 15 is 0 Å². The molecular weight excluding hydrogens is 496 g/mol. The first-order valence-electron chi connectivity index (χ1n) is 12.9. The molecular formula is C27H36N2O7S. The van der Waals surface area contributed by atoms with E-state index in [1.165, 1.54) is 4.31 Å². The molecule has 0 unspecified atom stereocenters. The molecule has 0 atom stereocenters. The standard InChI is InChI=1S/C27H36N2O7S/c1-4-34-26(31)24-20(2)36-21(3)25(24)37(32,33)29-17-14-27(19-29)12-15-28(16-13-27)23(30)11-8-18-35-22-9-6-5-7-10-22/h5-7,9-10H,4,8,11-19H2,1-3H3. The number of carbonyl (C=O) groups is 2. The molecule has 37 heavy (non-hydrogen) atoms. The van der Waals surface area contributed by atoms with Crippen molar-refractivity contribution in [2.45, 2.75) is 57.8 Å². The normalized spacial score (nSPS) is 17.8. The van der Waals surface area contributed by atoms with Gasteiger partial charge < -0.3 is 18.8 Å². The Hall–Kier alpha value is -2.85. The summed E-state index contributed by atoms with van der Waals surface area (Å²) in [6.45, 7) is 7.41. The number of benzene rings is 1. The minimum atomic E-state index is -3.94. The number of rotatable bonds is 9. The lowest BCUT2D eigenvalue weighted by Gasteiger charge is -2.39. The number of carbonyl (C=O) groups excluding carboxylic acids is 2. The minimum Gasteiger partial charge on any atom is -0.494 e. The zero-order valence-electron chi connectivity index (χ0n) is 21.8. The molecule has 1 aromatic heterocycles. The molecule has 1 amide bonds. The Kier molecular flexibility index (Phi) is 8.28. The van der Waals surface area contributed by atoms with Crippen LogP contribution in [0.5, 0.6) is 5.75 Å². The van der Waals surface area contributed by atoms with Gasteiger partial charge in [0.15, 0.2) is 0 Å². The van der Waals surface area contributed by atoms with Crippen LogP contribution in [0.3, 0.4) is 0 Å². The van der Waals surface area contributed by atoms with Gasteiger partial charge in [-0.05, 0) is 64.0 Å². The summed E-state index contributed by atoms with van der Waals surface area (Å²) in [6, 6.07) is 9.54. The third kappa shape index (κ3) is 5.85. The van der Waals surface area contributed by atoms with E-state index in [2.05, 4.69) is 0 Å². The van der Waals surface area contributed by atoms with Crippen LogP contribution < -0.4 is 4.74 Å². The Morgan fingerprint density at radius 3 is 2.38 bits per heavy atom. The molecule has 10 heteroatoms. The van der Waals surface area contributed by atoms with Gasteiger partial charge >= 0.3 is 5.97 Å². The van der Waals surface area contributed by atoms with Gasteiger partial charge in [0.1, 0.15) is 27.7 Å². The maximum Gasteiger partial charge on any atom is 0.343 e. The molecule has 1 spiro atoms. The van der Waals surface area contributed by atoms with E-state index in [1.807, 2.05) is 35.2 Å². The lowest BCUT2D eigenvalue weighted by Crippen LogP contribution is -2.44. The number of aryl methyl sites for hydroxylation is 2. The van der Waals surface area contributed by atoms with Crippen LogP contribution in [0.2, 0.25) is 0 Å². The molecule has 9 nitrogen and oxygen atoms in total. The molecule has 0 bridgehead atoms. The summed E-state index contributed by atoms with van der Waals surface area (Å²) in [4.78, 5) is 27.0. The fraction of sp³-hybridized carbons (Fsp3) is 0.556. The summed E-state index contributed by atoms with van der Waals surface area (Å²) in [5, 5.41) is 0. The zero-order chi connectivity index (χ0) is 26.6. The number of ether oxygens (including phenoxy) is 2. The van der Waals surface area contributed by atoms with Gasteiger partial charge in [0, 0.05) is 32.6 Å². The van der Waals surface area contributed by atoms with Crippen LogP contribution in [0, 0.1) is 19.3 Å². The SMILES string of the molecule is CCOC(=O)c1c(C)oc(C)c1S(=O)(=O)N1CCC2(CCN(C(=O)CCCOc3ccccc3)CC2)C1. The second kappa shape index (κ2) is 11.3. The molecule has 202 valence electrons. The lowest BCUT2D eigenvalue weighted by molar-refractivity contribution is -0.133. The topological polar surface area (TPSA) is 106 Å². The van der Waals surface area contributed by atoms with E-state index in [0.717, 1.165) is 25.0 Å². The van der Waals surface area contributed by atoms with Crippen molar-refractivity contribution in [2.24, 2.45) is 5.41 Å². The van der Waals surface area contributed by atoms with Crippen molar-refractivity contribution in [1.29, 1.82) is 0 Å². The highest BCUT2D eigenvalue weighted by Crippen LogP contribution is 2.43. The summed E-state index contributed by atoms with van der Waals surface area (Å²) >= 11 is 0. The number of sulfonamides is 1. The highest BCUT2D eigenvalue weighted by Gasteiger charge is 2.47. The van der Waals surface area contributed by atoms with Crippen molar-refractivity contribution < 1.29 is 31.9 Å². The van der Waals surface area contributed by atoms with Gasteiger partial charge in [0.2, 0.25) is 15.9 Å². The van der Waals surface area contributed by atoms with Crippen LogP contribution in [0.4, 0.5) is 0 Å². The van der Waals surface area contributed by atoms with Crippen molar-refractivity contribution in [2.75, 3.05) is 39.4 Å². The van der Waals surface area contributed by atoms with Crippen LogP contribution in [-0.4, -0.2) is 68.9 Å². The average molecular weight is 533 g/mol. The maximum absolute atomic E-state index is 13.6. The molecule has 4 rings (SSSR count). The minimum absolute atomic E-state index is 0.0167. The zero-order valence-corrected chi connectivity index (χ0v) is 22.6. The predicted octanol–water partition coefficient (Wildman–Crippen LogP) is 3.94. The number of amides is 1. The highest BCUT2D eigenvalue weighted by molar-refractivity contribution is 7.89. The maximum atomic E-state index is 13.6. The van der Waals surface area contributed by atoms with E-state index < -0.39 is 16.0 Å². The number of furan rings is 1. The Labute approximate surface area is 218 Å². The van der Waals surface area contributed by atoms with E-state index in [4.69, 9.17) is 13.9 Å². The van der Waals surface area contributed by atoms with Gasteiger partial charge in [-0.15, -0.1) is 0 Å². The molecule has 0 saturated carbocycles. The van der Waals surface area contributed by atoms with Gasteiger partial charge in [0.05, 0.1) is 13.2 Å². The van der Waals surface area contributed by atoms with Gasteiger partial charge in [-0.3, -0.25) is 4.79 Å². The van der Waals surface area contributed by atoms with E-state index in [9.17, 15) is 18.0 Å². The predicted molar refractivity (Wildman–Crippen MR) is 137 cm³/mol.